The van der Waals surface area contributed by atoms with Crippen LogP contribution < -0.4 is 0 Å². The van der Waals surface area contributed by atoms with Crippen LogP contribution in [0, 0.1) is 5.41 Å². The largest absolute Gasteiger partial charge is 0.287 e. The number of halogens is 1. The Morgan fingerprint density at radius 3 is 2.50 bits per heavy atom. The third-order valence-electron chi connectivity index (χ3n) is 0.398. The molecule has 0 rings (SSSR count). The standard InChI is InChI=1S/C5H7BrN2/c1-4(6)3-8-5(2)7/h3,7H,1H2,2H3. The second-order valence-electron chi connectivity index (χ2n) is 1.29. The predicted molar refractivity (Wildman–Crippen MR) is 40.0 cm³/mol. The van der Waals surface area contributed by atoms with E-state index in [1.807, 2.05) is 0 Å². The van der Waals surface area contributed by atoms with Crippen molar-refractivity contribution in [2.45, 2.75) is 6.92 Å². The summed E-state index contributed by atoms with van der Waals surface area (Å²) >= 11 is 3.06. The Kier molecular flexibility index (Phi) is 3.35. The summed E-state index contributed by atoms with van der Waals surface area (Å²) in [6.45, 7) is 5.10. The molecule has 0 atom stereocenters. The molecule has 0 bridgehead atoms. The molecule has 8 heavy (non-hydrogen) atoms. The zero-order chi connectivity index (χ0) is 6.57. The maximum Gasteiger partial charge on any atom is 0.117 e. The molecule has 0 saturated heterocycles. The molecule has 0 aliphatic carbocycles. The van der Waals surface area contributed by atoms with Crippen LogP contribution in [-0.4, -0.2) is 12.1 Å². The van der Waals surface area contributed by atoms with Gasteiger partial charge in [0.15, 0.2) is 0 Å². The molecule has 1 N–H and O–H groups in total. The highest BCUT2D eigenvalue weighted by atomic mass is 79.9. The minimum Gasteiger partial charge on any atom is -0.287 e. The predicted octanol–water partition coefficient (Wildman–Crippen LogP) is 1.96. The zero-order valence-corrected chi connectivity index (χ0v) is 6.20. The normalized spacial score (nSPS) is 9.75. The van der Waals surface area contributed by atoms with Gasteiger partial charge in [0.2, 0.25) is 0 Å². The van der Waals surface area contributed by atoms with E-state index in [0.29, 0.717) is 4.48 Å². The van der Waals surface area contributed by atoms with Crippen LogP contribution in [-0.2, 0) is 0 Å². The number of amidine groups is 1. The molecule has 2 nitrogen and oxygen atoms in total. The first-order chi connectivity index (χ1) is 3.63. The first-order valence-electron chi connectivity index (χ1n) is 2.06. The highest BCUT2D eigenvalue weighted by Crippen LogP contribution is 1.94. The van der Waals surface area contributed by atoms with E-state index in [4.69, 9.17) is 5.41 Å². The zero-order valence-electron chi connectivity index (χ0n) is 4.61. The lowest BCUT2D eigenvalue weighted by molar-refractivity contribution is 1.42. The molecule has 0 unspecified atom stereocenters. The molecule has 3 heteroatoms. The summed E-state index contributed by atoms with van der Waals surface area (Å²) in [6, 6.07) is 0. The second-order valence-corrected chi connectivity index (χ2v) is 2.31. The van der Waals surface area contributed by atoms with Gasteiger partial charge < -0.3 is 0 Å². The number of aliphatic imine (C=N–C) groups is 1. The van der Waals surface area contributed by atoms with Crippen LogP contribution in [0.25, 0.3) is 0 Å². The van der Waals surface area contributed by atoms with Gasteiger partial charge in [-0.15, -0.1) is 0 Å². The molecule has 0 aromatic carbocycles. The fourth-order valence-corrected chi connectivity index (χ4v) is 0.269. The summed E-state index contributed by atoms with van der Waals surface area (Å²) in [7, 11) is 0. The minimum absolute atomic E-state index is 0.283. The Morgan fingerprint density at radius 1 is 1.88 bits per heavy atom. The van der Waals surface area contributed by atoms with Crippen LogP contribution in [0.3, 0.4) is 0 Å². The maximum atomic E-state index is 6.83. The lowest BCUT2D eigenvalue weighted by Crippen LogP contribution is -1.80. The van der Waals surface area contributed by atoms with Crippen molar-refractivity contribution < 1.29 is 0 Å². The van der Waals surface area contributed by atoms with E-state index in [1.54, 1.807) is 6.92 Å². The molecule has 0 aliphatic rings. The average Bonchev–Trinajstić information content (AvgIpc) is 1.61. The van der Waals surface area contributed by atoms with Crippen molar-refractivity contribution in [3.63, 3.8) is 0 Å². The van der Waals surface area contributed by atoms with E-state index in [2.05, 4.69) is 27.5 Å². The number of hydrogen-bond acceptors (Lipinski definition) is 1. The van der Waals surface area contributed by atoms with Crippen molar-refractivity contribution in [2.75, 3.05) is 0 Å². The van der Waals surface area contributed by atoms with E-state index in [9.17, 15) is 0 Å². The summed E-state index contributed by atoms with van der Waals surface area (Å²) in [5, 5.41) is 6.83. The molecule has 44 valence electrons. The SMILES string of the molecule is C=C(Br)C=NC(C)=N. The summed E-state index contributed by atoms with van der Waals surface area (Å²) in [6.07, 6.45) is 1.49. The van der Waals surface area contributed by atoms with Gasteiger partial charge in [0.05, 0.1) is 0 Å². The van der Waals surface area contributed by atoms with Gasteiger partial charge in [0.1, 0.15) is 5.84 Å². The summed E-state index contributed by atoms with van der Waals surface area (Å²) < 4.78 is 0.684. The van der Waals surface area contributed by atoms with Gasteiger partial charge in [-0.3, -0.25) is 5.41 Å². The monoisotopic (exact) mass is 174 g/mol. The summed E-state index contributed by atoms with van der Waals surface area (Å²) in [4.78, 5) is 3.64. The highest BCUT2D eigenvalue weighted by Gasteiger charge is 1.77. The maximum absolute atomic E-state index is 6.83. The third kappa shape index (κ3) is 5.56. The van der Waals surface area contributed by atoms with Gasteiger partial charge in [-0.25, -0.2) is 4.99 Å². The molecular weight excluding hydrogens is 168 g/mol. The lowest BCUT2D eigenvalue weighted by Gasteiger charge is -1.81. The van der Waals surface area contributed by atoms with E-state index < -0.39 is 0 Å². The molecule has 0 amide bonds. The smallest absolute Gasteiger partial charge is 0.117 e. The Morgan fingerprint density at radius 2 is 2.38 bits per heavy atom. The second kappa shape index (κ2) is 3.55. The fourth-order valence-electron chi connectivity index (χ4n) is 0.167. The van der Waals surface area contributed by atoms with Crippen molar-refractivity contribution in [3.05, 3.63) is 11.1 Å². The van der Waals surface area contributed by atoms with Crippen molar-refractivity contribution in [2.24, 2.45) is 4.99 Å². The molecule has 0 heterocycles. The van der Waals surface area contributed by atoms with Crippen LogP contribution in [0.15, 0.2) is 16.1 Å². The van der Waals surface area contributed by atoms with Gasteiger partial charge >= 0.3 is 0 Å². The topological polar surface area (TPSA) is 36.2 Å². The van der Waals surface area contributed by atoms with Gasteiger partial charge in [0, 0.05) is 10.7 Å². The summed E-state index contributed by atoms with van der Waals surface area (Å²) in [5.41, 5.74) is 0. The number of rotatable bonds is 1. The molecule has 0 spiro atoms. The Hall–Kier alpha value is -0.440. The van der Waals surface area contributed by atoms with E-state index in [0.717, 1.165) is 0 Å². The molecule has 0 fully saturated rings. The molecule has 0 aliphatic heterocycles. The van der Waals surface area contributed by atoms with E-state index in [-0.39, 0.29) is 5.84 Å². The Balaban J connectivity index is 3.67. The van der Waals surface area contributed by atoms with Gasteiger partial charge in [0.25, 0.3) is 0 Å². The van der Waals surface area contributed by atoms with Crippen molar-refractivity contribution in [1.82, 2.24) is 0 Å². The fraction of sp³-hybridized carbons (Fsp3) is 0.200. The first kappa shape index (κ1) is 7.56. The molecule has 0 saturated carbocycles. The number of hydrogen-bond donors (Lipinski definition) is 1. The highest BCUT2D eigenvalue weighted by molar-refractivity contribution is 9.12. The van der Waals surface area contributed by atoms with E-state index >= 15 is 0 Å². The molecule has 0 aromatic rings. The Labute approximate surface area is 57.0 Å². The van der Waals surface area contributed by atoms with Crippen LogP contribution >= 0.6 is 15.9 Å². The minimum atomic E-state index is 0.283. The van der Waals surface area contributed by atoms with E-state index in [1.165, 1.54) is 6.21 Å². The van der Waals surface area contributed by atoms with Gasteiger partial charge in [-0.05, 0) is 22.9 Å². The first-order valence-corrected chi connectivity index (χ1v) is 2.86. The number of nitrogens with zero attached hydrogens (tertiary/aromatic N) is 1. The van der Waals surface area contributed by atoms with Crippen molar-refractivity contribution in [1.29, 1.82) is 5.41 Å². The van der Waals surface area contributed by atoms with Crippen LogP contribution in [0.1, 0.15) is 6.92 Å². The average molecular weight is 175 g/mol. The van der Waals surface area contributed by atoms with Crippen LogP contribution in [0.2, 0.25) is 0 Å². The van der Waals surface area contributed by atoms with Crippen molar-refractivity contribution >= 4 is 28.0 Å². The lowest BCUT2D eigenvalue weighted by atomic mass is 10.6. The quantitative estimate of drug-likeness (QED) is 0.467. The van der Waals surface area contributed by atoms with Crippen LogP contribution in [0.5, 0.6) is 0 Å². The number of allylic oxidation sites excluding steroid dienone is 1. The van der Waals surface area contributed by atoms with Gasteiger partial charge in [-0.2, -0.15) is 0 Å². The third-order valence-corrected chi connectivity index (χ3v) is 0.603. The molecule has 0 radical (unpaired) electrons. The Bertz CT molecular complexity index is 121. The van der Waals surface area contributed by atoms with Crippen molar-refractivity contribution in [3.8, 4) is 0 Å². The van der Waals surface area contributed by atoms with Crippen LogP contribution in [0.4, 0.5) is 0 Å². The summed E-state index contributed by atoms with van der Waals surface area (Å²) in [5.74, 6) is 0.283. The number of nitrogens with one attached hydrogen (secondary N) is 1. The molecular formula is C5H7BrN2. The van der Waals surface area contributed by atoms with Gasteiger partial charge in [-0.1, -0.05) is 6.58 Å². The molecule has 0 aromatic heterocycles.